The Morgan fingerprint density at radius 2 is 1.80 bits per heavy atom. The van der Waals surface area contributed by atoms with E-state index in [9.17, 15) is 9.59 Å². The largest absolute Gasteiger partial charge is 0.364 e. The number of anilines is 3. The average Bonchev–Trinajstić information content (AvgIpc) is 2.74. The number of nitrogens with one attached hydrogen (secondary N) is 3. The molecule has 0 saturated heterocycles. The van der Waals surface area contributed by atoms with Crippen LogP contribution in [0.1, 0.15) is 36.5 Å². The molecule has 2 amide bonds. The Kier molecular flexibility index (Phi) is 10.8. The van der Waals surface area contributed by atoms with Crippen molar-refractivity contribution in [2.45, 2.75) is 27.2 Å². The SMILES string of the molecule is CCCNC(=O)CNC.CCN(C)c1nc(Nc2ccccc2)c(C(N)=O)nc1C. The van der Waals surface area contributed by atoms with Gasteiger partial charge in [-0.15, -0.1) is 0 Å². The molecule has 9 heteroatoms. The third kappa shape index (κ3) is 8.04. The van der Waals surface area contributed by atoms with E-state index in [1.807, 2.05) is 63.1 Å². The van der Waals surface area contributed by atoms with Crippen molar-refractivity contribution in [1.82, 2.24) is 20.6 Å². The minimum Gasteiger partial charge on any atom is -0.364 e. The molecule has 0 atom stereocenters. The van der Waals surface area contributed by atoms with Gasteiger partial charge < -0.3 is 26.6 Å². The number of rotatable bonds is 9. The number of hydrogen-bond donors (Lipinski definition) is 4. The van der Waals surface area contributed by atoms with E-state index in [2.05, 4.69) is 25.9 Å². The van der Waals surface area contributed by atoms with E-state index in [0.29, 0.717) is 18.1 Å². The van der Waals surface area contributed by atoms with Crippen LogP contribution in [0, 0.1) is 6.92 Å². The molecule has 2 rings (SSSR count). The van der Waals surface area contributed by atoms with Gasteiger partial charge in [-0.1, -0.05) is 25.1 Å². The fourth-order valence-electron chi connectivity index (χ4n) is 2.43. The molecular weight excluding hydrogens is 382 g/mol. The Morgan fingerprint density at radius 1 is 1.13 bits per heavy atom. The molecule has 1 aromatic heterocycles. The lowest BCUT2D eigenvalue weighted by molar-refractivity contribution is -0.120. The van der Waals surface area contributed by atoms with Crippen LogP contribution in [0.3, 0.4) is 0 Å². The first-order valence-corrected chi connectivity index (χ1v) is 9.96. The van der Waals surface area contributed by atoms with Gasteiger partial charge in [0.2, 0.25) is 5.91 Å². The van der Waals surface area contributed by atoms with Gasteiger partial charge in [0.15, 0.2) is 17.3 Å². The second-order valence-corrected chi connectivity index (χ2v) is 6.58. The molecule has 0 saturated carbocycles. The highest BCUT2D eigenvalue weighted by molar-refractivity contribution is 5.96. The van der Waals surface area contributed by atoms with Crippen molar-refractivity contribution < 1.29 is 9.59 Å². The summed E-state index contributed by atoms with van der Waals surface area (Å²) in [6, 6.07) is 9.47. The van der Waals surface area contributed by atoms with Crippen molar-refractivity contribution in [2.75, 3.05) is 43.9 Å². The fourth-order valence-corrected chi connectivity index (χ4v) is 2.43. The first kappa shape index (κ1) is 24.8. The highest BCUT2D eigenvalue weighted by atomic mass is 16.2. The molecule has 0 unspecified atom stereocenters. The van der Waals surface area contributed by atoms with E-state index >= 15 is 0 Å². The molecule has 30 heavy (non-hydrogen) atoms. The lowest BCUT2D eigenvalue weighted by atomic mass is 10.3. The molecule has 164 valence electrons. The van der Waals surface area contributed by atoms with E-state index in [4.69, 9.17) is 5.73 Å². The molecular formula is C21H33N7O2. The Bertz CT molecular complexity index is 813. The summed E-state index contributed by atoms with van der Waals surface area (Å²) in [5.74, 6) is 0.560. The van der Waals surface area contributed by atoms with Crippen molar-refractivity contribution in [3.63, 3.8) is 0 Å². The van der Waals surface area contributed by atoms with Gasteiger partial charge in [0.05, 0.1) is 12.2 Å². The van der Waals surface area contributed by atoms with Gasteiger partial charge in [-0.3, -0.25) is 9.59 Å². The molecule has 0 aliphatic rings. The number of hydrogen-bond acceptors (Lipinski definition) is 7. The number of nitrogens with two attached hydrogens (primary N) is 1. The normalized spacial score (nSPS) is 9.90. The summed E-state index contributed by atoms with van der Waals surface area (Å²) in [5, 5.41) is 8.60. The molecule has 0 aliphatic heterocycles. The summed E-state index contributed by atoms with van der Waals surface area (Å²) >= 11 is 0. The lowest BCUT2D eigenvalue weighted by Gasteiger charge is -2.19. The average molecular weight is 416 g/mol. The van der Waals surface area contributed by atoms with Crippen LogP contribution in [0.2, 0.25) is 0 Å². The number of benzene rings is 1. The van der Waals surface area contributed by atoms with E-state index in [1.54, 1.807) is 7.05 Å². The number of nitrogens with zero attached hydrogens (tertiary/aromatic N) is 3. The number of primary amides is 1. The smallest absolute Gasteiger partial charge is 0.271 e. The summed E-state index contributed by atoms with van der Waals surface area (Å²) < 4.78 is 0. The summed E-state index contributed by atoms with van der Waals surface area (Å²) in [6.07, 6.45) is 0.995. The highest BCUT2D eigenvalue weighted by Gasteiger charge is 2.17. The van der Waals surface area contributed by atoms with Gasteiger partial charge in [0.25, 0.3) is 5.91 Å². The summed E-state index contributed by atoms with van der Waals surface area (Å²) in [7, 11) is 3.68. The van der Waals surface area contributed by atoms with Gasteiger partial charge in [-0.2, -0.15) is 0 Å². The molecule has 0 spiro atoms. The highest BCUT2D eigenvalue weighted by Crippen LogP contribution is 2.23. The number of amides is 2. The third-order valence-corrected chi connectivity index (χ3v) is 4.06. The molecule has 1 heterocycles. The predicted octanol–water partition coefficient (Wildman–Crippen LogP) is 1.82. The van der Waals surface area contributed by atoms with Crippen molar-refractivity contribution >= 4 is 29.1 Å². The van der Waals surface area contributed by atoms with Crippen LogP contribution in [0.5, 0.6) is 0 Å². The number of carbonyl (C=O) groups excluding carboxylic acids is 2. The van der Waals surface area contributed by atoms with Gasteiger partial charge >= 0.3 is 0 Å². The van der Waals surface area contributed by atoms with Crippen LogP contribution in [0.4, 0.5) is 17.3 Å². The molecule has 0 bridgehead atoms. The Morgan fingerprint density at radius 3 is 2.33 bits per heavy atom. The maximum absolute atomic E-state index is 11.6. The number of para-hydroxylation sites is 1. The maximum atomic E-state index is 11.6. The quantitative estimate of drug-likeness (QED) is 0.492. The van der Waals surface area contributed by atoms with Crippen LogP contribution in [-0.2, 0) is 4.79 Å². The van der Waals surface area contributed by atoms with E-state index < -0.39 is 5.91 Å². The lowest BCUT2D eigenvalue weighted by Crippen LogP contribution is -2.32. The Balaban J connectivity index is 0.000000424. The molecule has 5 N–H and O–H groups in total. The monoisotopic (exact) mass is 415 g/mol. The minimum absolute atomic E-state index is 0.0688. The number of aromatic nitrogens is 2. The number of carbonyl (C=O) groups is 2. The van der Waals surface area contributed by atoms with Crippen molar-refractivity contribution in [2.24, 2.45) is 5.73 Å². The number of aryl methyl sites for hydroxylation is 1. The first-order chi connectivity index (χ1) is 14.3. The molecule has 0 fully saturated rings. The van der Waals surface area contributed by atoms with Gasteiger partial charge in [-0.05, 0) is 39.4 Å². The van der Waals surface area contributed by atoms with Crippen molar-refractivity contribution in [1.29, 1.82) is 0 Å². The van der Waals surface area contributed by atoms with Crippen LogP contribution in [0.15, 0.2) is 30.3 Å². The van der Waals surface area contributed by atoms with Crippen LogP contribution in [0.25, 0.3) is 0 Å². The topological polar surface area (TPSA) is 125 Å². The predicted molar refractivity (Wildman–Crippen MR) is 121 cm³/mol. The molecule has 0 aliphatic carbocycles. The standard InChI is InChI=1S/C15H19N5O.C6H14N2O/c1-4-20(3)15-10(2)17-12(13(16)21)14(19-15)18-11-8-6-5-7-9-11;1-3-4-8-6(9)5-7-2/h5-9H,4H2,1-3H3,(H2,16,21)(H,18,19);7H,3-5H2,1-2H3,(H,8,9). The molecule has 9 nitrogen and oxygen atoms in total. The van der Waals surface area contributed by atoms with Crippen LogP contribution in [-0.4, -0.2) is 55.5 Å². The number of likely N-dealkylation sites (N-methyl/N-ethyl adjacent to an activating group) is 1. The zero-order valence-corrected chi connectivity index (χ0v) is 18.5. The fraction of sp³-hybridized carbons (Fsp3) is 0.429. The zero-order chi connectivity index (χ0) is 22.5. The molecule has 0 radical (unpaired) electrons. The van der Waals surface area contributed by atoms with E-state index in [1.165, 1.54) is 0 Å². The second kappa shape index (κ2) is 13.1. The molecule has 2 aromatic rings. The zero-order valence-electron chi connectivity index (χ0n) is 18.5. The molecule has 1 aromatic carbocycles. The van der Waals surface area contributed by atoms with E-state index in [-0.39, 0.29) is 11.6 Å². The van der Waals surface area contributed by atoms with Crippen LogP contribution >= 0.6 is 0 Å². The van der Waals surface area contributed by atoms with E-state index in [0.717, 1.165) is 31.0 Å². The second-order valence-electron chi connectivity index (χ2n) is 6.58. The Hall–Kier alpha value is -3.20. The van der Waals surface area contributed by atoms with Crippen LogP contribution < -0.4 is 26.6 Å². The summed E-state index contributed by atoms with van der Waals surface area (Å²) in [4.78, 5) is 33.0. The first-order valence-electron chi connectivity index (χ1n) is 9.96. The summed E-state index contributed by atoms with van der Waals surface area (Å²) in [6.45, 7) is 7.84. The van der Waals surface area contributed by atoms with Gasteiger partial charge in [0, 0.05) is 25.8 Å². The maximum Gasteiger partial charge on any atom is 0.271 e. The van der Waals surface area contributed by atoms with Crippen molar-refractivity contribution in [3.8, 4) is 0 Å². The van der Waals surface area contributed by atoms with Gasteiger partial charge in [0.1, 0.15) is 0 Å². The summed E-state index contributed by atoms with van der Waals surface area (Å²) in [5.41, 5.74) is 7.04. The van der Waals surface area contributed by atoms with Crippen molar-refractivity contribution in [3.05, 3.63) is 41.7 Å². The third-order valence-electron chi connectivity index (χ3n) is 4.06. The minimum atomic E-state index is -0.602. The Labute approximate surface area is 178 Å². The van der Waals surface area contributed by atoms with Gasteiger partial charge in [-0.25, -0.2) is 9.97 Å².